The molecule has 3 aliphatic rings. The molecule has 0 atom stereocenters. The molecule has 0 nitrogen and oxygen atoms in total. The van der Waals surface area contributed by atoms with Crippen LogP contribution in [0, 0.1) is 5.92 Å². The molecule has 0 aromatic heterocycles. The SMILES string of the molecule is C=C(c1cccc(Cc2cc(-c3cccc4c3C=CC4)cc(C3CCCCC3)c2)c1)C1CCCCC1. The van der Waals surface area contributed by atoms with E-state index in [2.05, 4.69) is 79.4 Å². The summed E-state index contributed by atoms with van der Waals surface area (Å²) in [4.78, 5) is 0. The Morgan fingerprint density at radius 2 is 1.53 bits per heavy atom. The van der Waals surface area contributed by atoms with Crippen molar-refractivity contribution in [3.8, 4) is 11.1 Å². The molecule has 0 radical (unpaired) electrons. The molecule has 2 saturated carbocycles. The van der Waals surface area contributed by atoms with Crippen molar-refractivity contribution >= 4 is 11.6 Å². The Morgan fingerprint density at radius 1 is 0.750 bits per heavy atom. The monoisotopic (exact) mass is 472 g/mol. The molecule has 3 aliphatic carbocycles. The van der Waals surface area contributed by atoms with Crippen LogP contribution in [0.25, 0.3) is 22.8 Å². The summed E-state index contributed by atoms with van der Waals surface area (Å²) in [6.45, 7) is 4.55. The van der Waals surface area contributed by atoms with E-state index < -0.39 is 0 Å². The number of allylic oxidation sites excluding steroid dienone is 2. The molecule has 0 heterocycles. The van der Waals surface area contributed by atoms with E-state index in [1.165, 1.54) is 109 Å². The van der Waals surface area contributed by atoms with E-state index in [0.29, 0.717) is 11.8 Å². The lowest BCUT2D eigenvalue weighted by molar-refractivity contribution is 0.430. The summed E-state index contributed by atoms with van der Waals surface area (Å²) in [6, 6.07) is 23.6. The maximum Gasteiger partial charge on any atom is -0.00252 e. The Bertz CT molecular complexity index is 1260. The molecular formula is C36H40. The Labute approximate surface area is 218 Å². The van der Waals surface area contributed by atoms with Crippen molar-refractivity contribution in [2.24, 2.45) is 5.92 Å². The minimum atomic E-state index is 0.670. The van der Waals surface area contributed by atoms with Gasteiger partial charge < -0.3 is 0 Å². The molecule has 3 aromatic carbocycles. The second-order valence-electron chi connectivity index (χ2n) is 11.5. The molecule has 0 N–H and O–H groups in total. The lowest BCUT2D eigenvalue weighted by Gasteiger charge is -2.24. The molecule has 0 bridgehead atoms. The summed E-state index contributed by atoms with van der Waals surface area (Å²) < 4.78 is 0. The van der Waals surface area contributed by atoms with Gasteiger partial charge in [-0.05, 0) is 100 Å². The average molecular weight is 473 g/mol. The first-order valence-corrected chi connectivity index (χ1v) is 14.5. The highest BCUT2D eigenvalue weighted by Gasteiger charge is 2.20. The number of rotatable bonds is 6. The van der Waals surface area contributed by atoms with Gasteiger partial charge in [-0.1, -0.05) is 118 Å². The van der Waals surface area contributed by atoms with E-state index in [1.807, 2.05) is 0 Å². The smallest absolute Gasteiger partial charge is 0.00252 e. The Morgan fingerprint density at radius 3 is 2.36 bits per heavy atom. The quantitative estimate of drug-likeness (QED) is 0.335. The number of fused-ring (bicyclic) bond motifs is 1. The van der Waals surface area contributed by atoms with Crippen molar-refractivity contribution in [2.45, 2.75) is 83.0 Å². The van der Waals surface area contributed by atoms with Crippen molar-refractivity contribution < 1.29 is 0 Å². The molecule has 0 unspecified atom stereocenters. The standard InChI is InChI=1S/C36H40/c1-26(29-12-4-2-5-13-29)32-18-8-11-27(22-32)21-28-23-33(30-14-6-3-7-15-30)25-34(24-28)36-20-10-17-31-16-9-19-35(31)36/h8-11,17-20,22-25,29-30H,1-7,12-16,21H2. The maximum absolute atomic E-state index is 4.55. The predicted octanol–water partition coefficient (Wildman–Crippen LogP) is 10.2. The van der Waals surface area contributed by atoms with Gasteiger partial charge in [-0.3, -0.25) is 0 Å². The lowest BCUT2D eigenvalue weighted by atomic mass is 9.81. The van der Waals surface area contributed by atoms with Gasteiger partial charge in [-0.25, -0.2) is 0 Å². The third-order valence-corrected chi connectivity index (χ3v) is 9.03. The van der Waals surface area contributed by atoms with Gasteiger partial charge in [0.1, 0.15) is 0 Å². The van der Waals surface area contributed by atoms with Crippen molar-refractivity contribution in [2.75, 3.05) is 0 Å². The van der Waals surface area contributed by atoms with Gasteiger partial charge in [0.05, 0.1) is 0 Å². The van der Waals surface area contributed by atoms with E-state index >= 15 is 0 Å². The number of hydrogen-bond donors (Lipinski definition) is 0. The molecule has 0 heteroatoms. The normalized spacial score (nSPS) is 18.3. The fourth-order valence-corrected chi connectivity index (χ4v) is 6.99. The van der Waals surface area contributed by atoms with E-state index in [9.17, 15) is 0 Å². The van der Waals surface area contributed by atoms with Gasteiger partial charge in [-0.2, -0.15) is 0 Å². The van der Waals surface area contributed by atoms with Gasteiger partial charge in [0.25, 0.3) is 0 Å². The summed E-state index contributed by atoms with van der Waals surface area (Å²) in [6.07, 6.45) is 20.3. The fraction of sp³-hybridized carbons (Fsp3) is 0.389. The Balaban J connectivity index is 1.33. The van der Waals surface area contributed by atoms with Gasteiger partial charge in [0.15, 0.2) is 0 Å². The first-order chi connectivity index (χ1) is 17.7. The van der Waals surface area contributed by atoms with Gasteiger partial charge in [-0.15, -0.1) is 0 Å². The molecule has 2 fully saturated rings. The first kappa shape index (κ1) is 23.5. The van der Waals surface area contributed by atoms with Crippen LogP contribution in [0.2, 0.25) is 0 Å². The van der Waals surface area contributed by atoms with Crippen LogP contribution in [0.15, 0.2) is 73.3 Å². The summed E-state index contributed by atoms with van der Waals surface area (Å²) in [5.41, 5.74) is 12.8. The van der Waals surface area contributed by atoms with E-state index in [1.54, 1.807) is 5.56 Å². The topological polar surface area (TPSA) is 0 Å². The van der Waals surface area contributed by atoms with Gasteiger partial charge in [0.2, 0.25) is 0 Å². The van der Waals surface area contributed by atoms with Gasteiger partial charge in [0, 0.05) is 0 Å². The molecule has 0 aliphatic heterocycles. The summed E-state index contributed by atoms with van der Waals surface area (Å²) in [7, 11) is 0. The van der Waals surface area contributed by atoms with Crippen LogP contribution in [0.3, 0.4) is 0 Å². The molecular weight excluding hydrogens is 432 g/mol. The van der Waals surface area contributed by atoms with Crippen LogP contribution in [0.4, 0.5) is 0 Å². The highest BCUT2D eigenvalue weighted by molar-refractivity contribution is 5.80. The number of benzene rings is 3. The van der Waals surface area contributed by atoms with Crippen molar-refractivity contribution in [3.05, 3.63) is 107 Å². The predicted molar refractivity (Wildman–Crippen MR) is 155 cm³/mol. The van der Waals surface area contributed by atoms with Gasteiger partial charge >= 0.3 is 0 Å². The molecule has 6 rings (SSSR count). The van der Waals surface area contributed by atoms with E-state index in [-0.39, 0.29) is 0 Å². The maximum atomic E-state index is 4.55. The lowest BCUT2D eigenvalue weighted by Crippen LogP contribution is -2.08. The highest BCUT2D eigenvalue weighted by Crippen LogP contribution is 2.39. The fourth-order valence-electron chi connectivity index (χ4n) is 6.99. The zero-order valence-electron chi connectivity index (χ0n) is 21.8. The van der Waals surface area contributed by atoms with Crippen LogP contribution in [0.1, 0.15) is 104 Å². The van der Waals surface area contributed by atoms with Crippen molar-refractivity contribution in [3.63, 3.8) is 0 Å². The average Bonchev–Trinajstić information content (AvgIpc) is 3.43. The molecule has 36 heavy (non-hydrogen) atoms. The minimum Gasteiger partial charge on any atom is -0.0950 e. The summed E-state index contributed by atoms with van der Waals surface area (Å²) in [5, 5.41) is 0. The van der Waals surface area contributed by atoms with E-state index in [0.717, 1.165) is 12.8 Å². The molecule has 3 aromatic rings. The highest BCUT2D eigenvalue weighted by atomic mass is 14.2. The Hall–Kier alpha value is -2.86. The third-order valence-electron chi connectivity index (χ3n) is 9.03. The molecule has 0 saturated heterocycles. The largest absolute Gasteiger partial charge is 0.0950 e. The third kappa shape index (κ3) is 5.01. The second kappa shape index (κ2) is 10.6. The van der Waals surface area contributed by atoms with Crippen LogP contribution in [-0.2, 0) is 12.8 Å². The van der Waals surface area contributed by atoms with Crippen molar-refractivity contribution in [1.29, 1.82) is 0 Å². The van der Waals surface area contributed by atoms with Crippen LogP contribution in [0.5, 0.6) is 0 Å². The van der Waals surface area contributed by atoms with Crippen LogP contribution < -0.4 is 0 Å². The molecule has 0 spiro atoms. The molecule has 0 amide bonds. The molecule has 184 valence electrons. The second-order valence-corrected chi connectivity index (χ2v) is 11.5. The summed E-state index contributed by atoms with van der Waals surface area (Å²) in [5.74, 6) is 1.38. The zero-order valence-corrected chi connectivity index (χ0v) is 21.8. The number of hydrogen-bond acceptors (Lipinski definition) is 0. The van der Waals surface area contributed by atoms with Crippen molar-refractivity contribution in [1.82, 2.24) is 0 Å². The van der Waals surface area contributed by atoms with E-state index in [4.69, 9.17) is 0 Å². The minimum absolute atomic E-state index is 0.670. The van der Waals surface area contributed by atoms with Crippen LogP contribution in [-0.4, -0.2) is 0 Å². The van der Waals surface area contributed by atoms with Crippen LogP contribution >= 0.6 is 0 Å². The first-order valence-electron chi connectivity index (χ1n) is 14.5. The Kier molecular flexibility index (Phi) is 6.95. The summed E-state index contributed by atoms with van der Waals surface area (Å²) >= 11 is 0. The zero-order chi connectivity index (χ0) is 24.3.